The van der Waals surface area contributed by atoms with Crippen molar-refractivity contribution in [1.29, 1.82) is 0 Å². The molecule has 0 N–H and O–H groups in total. The Morgan fingerprint density at radius 3 is 1.58 bits per heavy atom. The standard InChI is InChI=1S/C18H21P/c1-19(18-14-8-9-15-18,16-10-4-2-5-11-16)17-12-6-3-7-13-17/h2-7,10-13,18H,1,8-9,14-15H2. The fourth-order valence-electron chi connectivity index (χ4n) is 3.30. The zero-order valence-electron chi connectivity index (χ0n) is 11.3. The van der Waals surface area contributed by atoms with Gasteiger partial charge >= 0.3 is 0 Å². The minimum atomic E-state index is -1.47. The minimum absolute atomic E-state index is 0.775. The Bertz CT molecular complexity index is 522. The van der Waals surface area contributed by atoms with Crippen molar-refractivity contribution in [3.63, 3.8) is 0 Å². The highest BCUT2D eigenvalue weighted by molar-refractivity contribution is 7.87. The second kappa shape index (κ2) is 5.39. The fraction of sp³-hybridized carbons (Fsp3) is 0.278. The molecule has 0 atom stereocenters. The van der Waals surface area contributed by atoms with Gasteiger partial charge in [0.1, 0.15) is 0 Å². The number of hydrogen-bond donors (Lipinski definition) is 0. The van der Waals surface area contributed by atoms with Crippen molar-refractivity contribution in [3.8, 4) is 0 Å². The molecule has 0 heterocycles. The molecule has 1 fully saturated rings. The predicted octanol–water partition coefficient (Wildman–Crippen LogP) is 4.03. The van der Waals surface area contributed by atoms with E-state index in [4.69, 9.17) is 6.30 Å². The molecular formula is C18H21P. The van der Waals surface area contributed by atoms with Gasteiger partial charge in [-0.1, -0.05) is 86.7 Å². The Labute approximate surface area is 116 Å². The van der Waals surface area contributed by atoms with E-state index in [1.165, 1.54) is 36.3 Å². The molecule has 0 radical (unpaired) electrons. The molecule has 0 unspecified atom stereocenters. The van der Waals surface area contributed by atoms with Crippen LogP contribution in [-0.4, -0.2) is 12.0 Å². The summed E-state index contributed by atoms with van der Waals surface area (Å²) in [6, 6.07) is 22.0. The Morgan fingerprint density at radius 2 is 1.16 bits per heavy atom. The first-order valence-corrected chi connectivity index (χ1v) is 9.20. The van der Waals surface area contributed by atoms with E-state index in [9.17, 15) is 0 Å². The molecule has 2 aromatic rings. The summed E-state index contributed by atoms with van der Waals surface area (Å²) in [5.74, 6) is 0. The van der Waals surface area contributed by atoms with Crippen LogP contribution in [0.15, 0.2) is 60.7 Å². The summed E-state index contributed by atoms with van der Waals surface area (Å²) < 4.78 is 0. The monoisotopic (exact) mass is 268 g/mol. The quantitative estimate of drug-likeness (QED) is 0.737. The SMILES string of the molecule is C=P(c1ccccc1)(c1ccccc1)C1CCCC1. The molecule has 98 valence electrons. The first-order chi connectivity index (χ1) is 9.32. The van der Waals surface area contributed by atoms with Crippen LogP contribution in [-0.2, 0) is 0 Å². The summed E-state index contributed by atoms with van der Waals surface area (Å²) in [5.41, 5.74) is 0.775. The molecule has 0 aliphatic heterocycles. The number of rotatable bonds is 3. The Kier molecular flexibility index (Phi) is 3.62. The van der Waals surface area contributed by atoms with Gasteiger partial charge in [0.05, 0.1) is 0 Å². The summed E-state index contributed by atoms with van der Waals surface area (Å²) in [6.45, 7) is -1.47. The van der Waals surface area contributed by atoms with E-state index >= 15 is 0 Å². The van der Waals surface area contributed by atoms with Gasteiger partial charge in [-0.15, -0.1) is 0 Å². The molecular weight excluding hydrogens is 247 g/mol. The summed E-state index contributed by atoms with van der Waals surface area (Å²) in [4.78, 5) is 0. The highest BCUT2D eigenvalue weighted by Crippen LogP contribution is 2.53. The van der Waals surface area contributed by atoms with Crippen molar-refractivity contribution in [3.05, 3.63) is 60.7 Å². The topological polar surface area (TPSA) is 0 Å². The average molecular weight is 268 g/mol. The molecule has 3 rings (SSSR count). The van der Waals surface area contributed by atoms with Gasteiger partial charge in [-0.2, -0.15) is 0 Å². The van der Waals surface area contributed by atoms with Crippen LogP contribution in [0.3, 0.4) is 0 Å². The third-order valence-corrected chi connectivity index (χ3v) is 8.58. The highest BCUT2D eigenvalue weighted by Gasteiger charge is 2.31. The van der Waals surface area contributed by atoms with Crippen LogP contribution >= 0.6 is 6.89 Å². The lowest BCUT2D eigenvalue weighted by Crippen LogP contribution is -2.24. The fourth-order valence-corrected chi connectivity index (χ4v) is 7.10. The van der Waals surface area contributed by atoms with Crippen LogP contribution in [0.1, 0.15) is 25.7 Å². The van der Waals surface area contributed by atoms with Gasteiger partial charge in [-0.25, -0.2) is 0 Å². The second-order valence-electron chi connectivity index (χ2n) is 5.48. The molecule has 1 aliphatic rings. The van der Waals surface area contributed by atoms with Gasteiger partial charge < -0.3 is 0 Å². The largest absolute Gasteiger partial charge is 0.0924 e. The third-order valence-electron chi connectivity index (χ3n) is 4.38. The summed E-state index contributed by atoms with van der Waals surface area (Å²) in [5, 5.41) is 2.93. The van der Waals surface area contributed by atoms with Gasteiger partial charge in [-0.3, -0.25) is 0 Å². The zero-order valence-corrected chi connectivity index (χ0v) is 12.2. The van der Waals surface area contributed by atoms with Crippen LogP contribution in [0, 0.1) is 0 Å². The van der Waals surface area contributed by atoms with Gasteiger partial charge in [0.2, 0.25) is 0 Å². The molecule has 1 heteroatoms. The normalized spacial score (nSPS) is 16.6. The second-order valence-corrected chi connectivity index (χ2v) is 8.98. The zero-order chi connectivity index (χ0) is 13.1. The van der Waals surface area contributed by atoms with E-state index in [2.05, 4.69) is 60.7 Å². The first-order valence-electron chi connectivity index (χ1n) is 7.16. The summed E-state index contributed by atoms with van der Waals surface area (Å²) >= 11 is 0. The van der Waals surface area contributed by atoms with Crippen LogP contribution in [0.2, 0.25) is 0 Å². The average Bonchev–Trinajstić information content (AvgIpc) is 3.03. The molecule has 0 amide bonds. The molecule has 1 saturated carbocycles. The lowest BCUT2D eigenvalue weighted by molar-refractivity contribution is 0.886. The van der Waals surface area contributed by atoms with Crippen LogP contribution in [0.5, 0.6) is 0 Å². The first kappa shape index (κ1) is 12.8. The smallest absolute Gasteiger partial charge is 0.0140 e. The van der Waals surface area contributed by atoms with Gasteiger partial charge in [0.25, 0.3) is 0 Å². The van der Waals surface area contributed by atoms with Crippen molar-refractivity contribution < 1.29 is 0 Å². The lowest BCUT2D eigenvalue weighted by atomic mass is 10.3. The Hall–Kier alpha value is -1.26. The van der Waals surface area contributed by atoms with E-state index in [0.717, 1.165) is 5.66 Å². The van der Waals surface area contributed by atoms with Crippen molar-refractivity contribution in [2.75, 3.05) is 0 Å². The highest BCUT2D eigenvalue weighted by atomic mass is 31.2. The molecule has 0 saturated heterocycles. The molecule has 0 aromatic heterocycles. The van der Waals surface area contributed by atoms with E-state index in [1.807, 2.05) is 0 Å². The third kappa shape index (κ3) is 2.30. The summed E-state index contributed by atoms with van der Waals surface area (Å²) in [6.07, 6.45) is 10.3. The molecule has 0 spiro atoms. The maximum atomic E-state index is 4.80. The number of hydrogen-bond acceptors (Lipinski definition) is 0. The molecule has 0 bridgehead atoms. The summed E-state index contributed by atoms with van der Waals surface area (Å²) in [7, 11) is 0. The predicted molar refractivity (Wildman–Crippen MR) is 88.4 cm³/mol. The maximum Gasteiger partial charge on any atom is -0.0140 e. The van der Waals surface area contributed by atoms with Gasteiger partial charge in [-0.05, 0) is 29.1 Å². The van der Waals surface area contributed by atoms with Crippen molar-refractivity contribution in [1.82, 2.24) is 0 Å². The maximum absolute atomic E-state index is 4.80. The molecule has 0 nitrogen and oxygen atoms in total. The van der Waals surface area contributed by atoms with Crippen LogP contribution in [0.25, 0.3) is 0 Å². The van der Waals surface area contributed by atoms with Crippen LogP contribution < -0.4 is 10.6 Å². The van der Waals surface area contributed by atoms with Crippen molar-refractivity contribution in [2.45, 2.75) is 31.3 Å². The molecule has 2 aromatic carbocycles. The van der Waals surface area contributed by atoms with E-state index in [-0.39, 0.29) is 0 Å². The van der Waals surface area contributed by atoms with Gasteiger partial charge in [0.15, 0.2) is 0 Å². The molecule has 1 aliphatic carbocycles. The minimum Gasteiger partial charge on any atom is -0.0924 e. The Balaban J connectivity index is 2.13. The van der Waals surface area contributed by atoms with Gasteiger partial charge in [0, 0.05) is 0 Å². The number of benzene rings is 2. The van der Waals surface area contributed by atoms with E-state index in [1.54, 1.807) is 0 Å². The van der Waals surface area contributed by atoms with Crippen molar-refractivity contribution >= 4 is 23.8 Å². The van der Waals surface area contributed by atoms with Crippen molar-refractivity contribution in [2.24, 2.45) is 0 Å². The van der Waals surface area contributed by atoms with Crippen LogP contribution in [0.4, 0.5) is 0 Å². The lowest BCUT2D eigenvalue weighted by Gasteiger charge is -2.32. The Morgan fingerprint density at radius 1 is 0.737 bits per heavy atom. The van der Waals surface area contributed by atoms with E-state index < -0.39 is 6.89 Å². The van der Waals surface area contributed by atoms with E-state index in [0.29, 0.717) is 0 Å². The molecule has 19 heavy (non-hydrogen) atoms.